The number of rotatable bonds is 6. The van der Waals surface area contributed by atoms with E-state index in [9.17, 15) is 0 Å². The van der Waals surface area contributed by atoms with E-state index in [0.717, 1.165) is 31.0 Å². The molecule has 0 spiro atoms. The van der Waals surface area contributed by atoms with Crippen molar-refractivity contribution >= 4 is 0 Å². The molecule has 1 N–H and O–H groups in total. The number of likely N-dealkylation sites (tertiary alicyclic amines) is 1. The van der Waals surface area contributed by atoms with E-state index in [1.807, 2.05) is 12.4 Å². The number of aromatic nitrogens is 1. The molecule has 1 aliphatic heterocycles. The molecule has 0 amide bonds. The SMILES string of the molecule is CCc1ccc([C@H](C)NC2CCN([C@@H](C)c3ccncc3)CC2)o1. The van der Waals surface area contributed by atoms with Gasteiger partial charge in [-0.3, -0.25) is 9.88 Å². The molecule has 2 aromatic heterocycles. The summed E-state index contributed by atoms with van der Waals surface area (Å²) in [7, 11) is 0. The number of aryl methyl sites for hydroxylation is 1. The Morgan fingerprint density at radius 1 is 1.17 bits per heavy atom. The monoisotopic (exact) mass is 327 g/mol. The van der Waals surface area contributed by atoms with Crippen LogP contribution in [0.1, 0.15) is 62.8 Å². The highest BCUT2D eigenvalue weighted by Crippen LogP contribution is 2.25. The molecule has 1 aliphatic rings. The predicted molar refractivity (Wildman–Crippen MR) is 96.9 cm³/mol. The van der Waals surface area contributed by atoms with E-state index in [0.29, 0.717) is 12.1 Å². The van der Waals surface area contributed by atoms with Crippen LogP contribution in [0.15, 0.2) is 41.1 Å². The summed E-state index contributed by atoms with van der Waals surface area (Å²) in [5.74, 6) is 2.12. The third-order valence-electron chi connectivity index (χ3n) is 5.21. The number of pyridine rings is 1. The van der Waals surface area contributed by atoms with Crippen LogP contribution in [0.3, 0.4) is 0 Å². The Morgan fingerprint density at radius 2 is 1.88 bits per heavy atom. The quantitative estimate of drug-likeness (QED) is 0.867. The van der Waals surface area contributed by atoms with Crippen LogP contribution in [0.5, 0.6) is 0 Å². The van der Waals surface area contributed by atoms with E-state index in [1.165, 1.54) is 18.4 Å². The van der Waals surface area contributed by atoms with Crippen molar-refractivity contribution in [3.8, 4) is 0 Å². The Kier molecular flexibility index (Phi) is 5.69. The lowest BCUT2D eigenvalue weighted by Crippen LogP contribution is -2.44. The maximum absolute atomic E-state index is 5.87. The largest absolute Gasteiger partial charge is 0.464 e. The van der Waals surface area contributed by atoms with Gasteiger partial charge >= 0.3 is 0 Å². The van der Waals surface area contributed by atoms with Gasteiger partial charge in [-0.1, -0.05) is 6.92 Å². The highest BCUT2D eigenvalue weighted by atomic mass is 16.3. The van der Waals surface area contributed by atoms with Crippen molar-refractivity contribution in [2.75, 3.05) is 13.1 Å². The van der Waals surface area contributed by atoms with Gasteiger partial charge in [0.25, 0.3) is 0 Å². The Morgan fingerprint density at radius 3 is 2.50 bits per heavy atom. The van der Waals surface area contributed by atoms with Crippen molar-refractivity contribution in [1.29, 1.82) is 0 Å². The summed E-state index contributed by atoms with van der Waals surface area (Å²) in [4.78, 5) is 6.69. The summed E-state index contributed by atoms with van der Waals surface area (Å²) in [6.45, 7) is 8.88. The van der Waals surface area contributed by atoms with Gasteiger partial charge in [-0.25, -0.2) is 0 Å². The van der Waals surface area contributed by atoms with Gasteiger partial charge < -0.3 is 9.73 Å². The highest BCUT2D eigenvalue weighted by Gasteiger charge is 2.25. The van der Waals surface area contributed by atoms with E-state index >= 15 is 0 Å². The van der Waals surface area contributed by atoms with Gasteiger partial charge in [-0.2, -0.15) is 0 Å². The van der Waals surface area contributed by atoms with Crippen molar-refractivity contribution in [2.24, 2.45) is 0 Å². The average molecular weight is 327 g/mol. The Hall–Kier alpha value is -1.65. The van der Waals surface area contributed by atoms with Crippen LogP contribution in [0.25, 0.3) is 0 Å². The Balaban J connectivity index is 1.50. The van der Waals surface area contributed by atoms with E-state index in [1.54, 1.807) is 0 Å². The summed E-state index contributed by atoms with van der Waals surface area (Å²) in [6.07, 6.45) is 7.09. The van der Waals surface area contributed by atoms with E-state index in [2.05, 4.69) is 60.2 Å². The maximum Gasteiger partial charge on any atom is 0.120 e. The third-order valence-corrected chi connectivity index (χ3v) is 5.21. The van der Waals surface area contributed by atoms with Crippen molar-refractivity contribution < 1.29 is 4.42 Å². The van der Waals surface area contributed by atoms with Gasteiger partial charge in [0.15, 0.2) is 0 Å². The third kappa shape index (κ3) is 4.05. The van der Waals surface area contributed by atoms with Gasteiger partial charge in [0, 0.05) is 44.0 Å². The lowest BCUT2D eigenvalue weighted by Gasteiger charge is -2.37. The number of nitrogens with zero attached hydrogens (tertiary/aromatic N) is 2. The van der Waals surface area contributed by atoms with Gasteiger partial charge in [0.05, 0.1) is 6.04 Å². The van der Waals surface area contributed by atoms with E-state index in [-0.39, 0.29) is 6.04 Å². The van der Waals surface area contributed by atoms with Crippen LogP contribution in [0, 0.1) is 0 Å². The first-order valence-corrected chi connectivity index (χ1v) is 9.16. The van der Waals surface area contributed by atoms with Crippen LogP contribution in [-0.2, 0) is 6.42 Å². The molecule has 0 aliphatic carbocycles. The van der Waals surface area contributed by atoms with Gasteiger partial charge in [-0.05, 0) is 56.5 Å². The molecule has 2 aromatic rings. The van der Waals surface area contributed by atoms with Crippen LogP contribution in [0.2, 0.25) is 0 Å². The molecule has 2 atom stereocenters. The molecule has 3 rings (SSSR count). The molecule has 1 fully saturated rings. The van der Waals surface area contributed by atoms with E-state index in [4.69, 9.17) is 4.42 Å². The van der Waals surface area contributed by atoms with Crippen LogP contribution >= 0.6 is 0 Å². The molecular weight excluding hydrogens is 298 g/mol. The second-order valence-electron chi connectivity index (χ2n) is 6.81. The summed E-state index contributed by atoms with van der Waals surface area (Å²) < 4.78 is 5.87. The molecule has 0 unspecified atom stereocenters. The first-order chi connectivity index (χ1) is 11.7. The molecular formula is C20H29N3O. The molecule has 0 aromatic carbocycles. The molecule has 3 heterocycles. The zero-order chi connectivity index (χ0) is 16.9. The summed E-state index contributed by atoms with van der Waals surface area (Å²) in [5.41, 5.74) is 1.35. The molecule has 4 heteroatoms. The zero-order valence-electron chi connectivity index (χ0n) is 15.0. The number of furan rings is 1. The van der Waals surface area contributed by atoms with Gasteiger partial charge in [0.2, 0.25) is 0 Å². The van der Waals surface area contributed by atoms with Crippen molar-refractivity contribution in [3.63, 3.8) is 0 Å². The molecule has 130 valence electrons. The second-order valence-corrected chi connectivity index (χ2v) is 6.81. The van der Waals surface area contributed by atoms with Gasteiger partial charge in [0.1, 0.15) is 11.5 Å². The molecule has 1 saturated heterocycles. The fourth-order valence-corrected chi connectivity index (χ4v) is 3.56. The zero-order valence-corrected chi connectivity index (χ0v) is 15.0. The minimum absolute atomic E-state index is 0.277. The van der Waals surface area contributed by atoms with Crippen molar-refractivity contribution in [2.45, 2.75) is 58.2 Å². The summed E-state index contributed by atoms with van der Waals surface area (Å²) in [6, 6.07) is 9.75. The lowest BCUT2D eigenvalue weighted by atomic mass is 10.00. The maximum atomic E-state index is 5.87. The molecule has 4 nitrogen and oxygen atoms in total. The first-order valence-electron chi connectivity index (χ1n) is 9.16. The highest BCUT2D eigenvalue weighted by molar-refractivity contribution is 5.14. The molecule has 0 bridgehead atoms. The predicted octanol–water partition coefficient (Wildman–Crippen LogP) is 4.11. The minimum Gasteiger partial charge on any atom is -0.464 e. The number of piperidine rings is 1. The van der Waals surface area contributed by atoms with Crippen LogP contribution < -0.4 is 5.32 Å². The fourth-order valence-electron chi connectivity index (χ4n) is 3.56. The summed E-state index contributed by atoms with van der Waals surface area (Å²) in [5, 5.41) is 3.74. The fraction of sp³-hybridized carbons (Fsp3) is 0.550. The Labute approximate surface area is 145 Å². The first kappa shape index (κ1) is 17.2. The number of nitrogens with one attached hydrogen (secondary N) is 1. The van der Waals surface area contributed by atoms with Crippen LogP contribution in [-0.4, -0.2) is 29.0 Å². The molecule has 0 saturated carbocycles. The average Bonchev–Trinajstić information content (AvgIpc) is 3.12. The van der Waals surface area contributed by atoms with Crippen molar-refractivity contribution in [1.82, 2.24) is 15.2 Å². The second kappa shape index (κ2) is 7.95. The minimum atomic E-state index is 0.277. The molecule has 0 radical (unpaired) electrons. The van der Waals surface area contributed by atoms with Crippen molar-refractivity contribution in [3.05, 3.63) is 53.7 Å². The van der Waals surface area contributed by atoms with E-state index < -0.39 is 0 Å². The number of hydrogen-bond acceptors (Lipinski definition) is 4. The standard InChI is InChI=1S/C20H29N3O/c1-4-19-5-6-20(24-19)15(2)22-18-9-13-23(14-10-18)16(3)17-7-11-21-12-8-17/h5-8,11-12,15-16,18,22H,4,9-10,13-14H2,1-3H3/t15-,16-/m0/s1. The number of hydrogen-bond donors (Lipinski definition) is 1. The summed E-state index contributed by atoms with van der Waals surface area (Å²) >= 11 is 0. The molecule has 24 heavy (non-hydrogen) atoms. The lowest BCUT2D eigenvalue weighted by molar-refractivity contribution is 0.147. The smallest absolute Gasteiger partial charge is 0.120 e. The Bertz CT molecular complexity index is 617. The van der Waals surface area contributed by atoms with Gasteiger partial charge in [-0.15, -0.1) is 0 Å². The topological polar surface area (TPSA) is 41.3 Å². The van der Waals surface area contributed by atoms with Crippen LogP contribution in [0.4, 0.5) is 0 Å². The normalized spacial score (nSPS) is 19.3.